The fourth-order valence-corrected chi connectivity index (χ4v) is 3.07. The van der Waals surface area contributed by atoms with Crippen molar-refractivity contribution in [1.29, 1.82) is 0 Å². The molecule has 0 amide bonds. The lowest BCUT2D eigenvalue weighted by atomic mass is 9.74. The molecular formula is C15H23N. The van der Waals surface area contributed by atoms with Crippen LogP contribution in [0.15, 0.2) is 18.2 Å². The highest BCUT2D eigenvalue weighted by Crippen LogP contribution is 2.38. The largest absolute Gasteiger partial charge is 0.330 e. The molecule has 0 spiro atoms. The monoisotopic (exact) mass is 217 g/mol. The molecule has 0 aromatic heterocycles. The normalized spacial score (nSPS) is 25.7. The van der Waals surface area contributed by atoms with Gasteiger partial charge in [-0.15, -0.1) is 0 Å². The average molecular weight is 217 g/mol. The molecule has 88 valence electrons. The number of hydrogen-bond acceptors (Lipinski definition) is 1. The van der Waals surface area contributed by atoms with Crippen LogP contribution in [0.5, 0.6) is 0 Å². The molecule has 1 nitrogen and oxygen atoms in total. The second kappa shape index (κ2) is 5.01. The van der Waals surface area contributed by atoms with Gasteiger partial charge in [-0.2, -0.15) is 0 Å². The summed E-state index contributed by atoms with van der Waals surface area (Å²) >= 11 is 0. The zero-order chi connectivity index (χ0) is 11.5. The van der Waals surface area contributed by atoms with Gasteiger partial charge < -0.3 is 5.73 Å². The molecule has 2 unspecified atom stereocenters. The molecule has 2 rings (SSSR count). The van der Waals surface area contributed by atoms with Crippen molar-refractivity contribution in [2.45, 2.75) is 45.4 Å². The quantitative estimate of drug-likeness (QED) is 0.805. The van der Waals surface area contributed by atoms with Crippen LogP contribution in [0.1, 0.15) is 48.3 Å². The lowest BCUT2D eigenvalue weighted by molar-refractivity contribution is 0.313. The maximum absolute atomic E-state index is 5.92. The van der Waals surface area contributed by atoms with Crippen LogP contribution in [0.4, 0.5) is 0 Å². The Kier molecular flexibility index (Phi) is 3.65. The van der Waals surface area contributed by atoms with E-state index in [1.807, 2.05) is 0 Å². The van der Waals surface area contributed by atoms with E-state index in [-0.39, 0.29) is 0 Å². The minimum absolute atomic E-state index is 0.703. The van der Waals surface area contributed by atoms with Gasteiger partial charge in [-0.25, -0.2) is 0 Å². The van der Waals surface area contributed by atoms with Crippen molar-refractivity contribution in [2.75, 3.05) is 6.54 Å². The fraction of sp³-hybridized carbons (Fsp3) is 0.600. The molecule has 1 aliphatic carbocycles. The summed E-state index contributed by atoms with van der Waals surface area (Å²) in [6.07, 6.45) is 5.37. The second-order valence-corrected chi connectivity index (χ2v) is 5.18. The van der Waals surface area contributed by atoms with E-state index in [9.17, 15) is 0 Å². The van der Waals surface area contributed by atoms with Crippen LogP contribution in [-0.4, -0.2) is 6.54 Å². The number of benzene rings is 1. The van der Waals surface area contributed by atoms with Gasteiger partial charge in [0.15, 0.2) is 0 Å². The van der Waals surface area contributed by atoms with Gasteiger partial charge in [-0.3, -0.25) is 0 Å². The predicted molar refractivity (Wildman–Crippen MR) is 69.7 cm³/mol. The summed E-state index contributed by atoms with van der Waals surface area (Å²) in [5, 5.41) is 0. The number of aryl methyl sites for hydroxylation is 1. The summed E-state index contributed by atoms with van der Waals surface area (Å²) in [6.45, 7) is 5.31. The molecule has 2 N–H and O–H groups in total. The van der Waals surface area contributed by atoms with E-state index in [2.05, 4.69) is 32.0 Å². The summed E-state index contributed by atoms with van der Waals surface area (Å²) in [6, 6.07) is 6.71. The zero-order valence-corrected chi connectivity index (χ0v) is 10.5. The van der Waals surface area contributed by atoms with Crippen LogP contribution in [0.25, 0.3) is 0 Å². The third-order valence-corrected chi connectivity index (χ3v) is 4.26. The number of rotatable bonds is 2. The first kappa shape index (κ1) is 11.7. The van der Waals surface area contributed by atoms with Gasteiger partial charge in [0.05, 0.1) is 0 Å². The van der Waals surface area contributed by atoms with E-state index >= 15 is 0 Å². The highest BCUT2D eigenvalue weighted by molar-refractivity contribution is 5.36. The first-order chi connectivity index (χ1) is 7.74. The average Bonchev–Trinajstić information content (AvgIpc) is 2.33. The topological polar surface area (TPSA) is 26.0 Å². The minimum atomic E-state index is 0.703. The number of hydrogen-bond donors (Lipinski definition) is 1. The molecule has 1 aromatic rings. The van der Waals surface area contributed by atoms with Crippen molar-refractivity contribution in [2.24, 2.45) is 11.7 Å². The third kappa shape index (κ3) is 2.15. The summed E-state index contributed by atoms with van der Waals surface area (Å²) in [5.41, 5.74) is 10.4. The molecule has 1 aliphatic rings. The first-order valence-corrected chi connectivity index (χ1v) is 6.50. The number of nitrogens with two attached hydrogens (primary N) is 1. The van der Waals surface area contributed by atoms with Crippen molar-refractivity contribution < 1.29 is 0 Å². The van der Waals surface area contributed by atoms with Gasteiger partial charge in [0, 0.05) is 0 Å². The summed E-state index contributed by atoms with van der Waals surface area (Å²) < 4.78 is 0. The summed E-state index contributed by atoms with van der Waals surface area (Å²) in [7, 11) is 0. The second-order valence-electron chi connectivity index (χ2n) is 5.18. The highest BCUT2D eigenvalue weighted by atomic mass is 14.6. The molecule has 16 heavy (non-hydrogen) atoms. The maximum atomic E-state index is 5.92. The Labute approximate surface area is 99.0 Å². The summed E-state index contributed by atoms with van der Waals surface area (Å²) in [4.78, 5) is 0. The van der Waals surface area contributed by atoms with E-state index in [1.165, 1.54) is 36.8 Å². The Bertz CT molecular complexity index is 356. The highest BCUT2D eigenvalue weighted by Gasteiger charge is 2.26. The molecule has 1 heteroatoms. The Hall–Kier alpha value is -0.820. The Morgan fingerprint density at radius 2 is 1.94 bits per heavy atom. The predicted octanol–water partition coefficient (Wildman–Crippen LogP) is 3.54. The van der Waals surface area contributed by atoms with Crippen molar-refractivity contribution >= 4 is 0 Å². The van der Waals surface area contributed by atoms with Gasteiger partial charge in [0.1, 0.15) is 0 Å². The van der Waals surface area contributed by atoms with Crippen molar-refractivity contribution in [3.05, 3.63) is 34.9 Å². The molecule has 0 radical (unpaired) electrons. The van der Waals surface area contributed by atoms with E-state index in [0.717, 1.165) is 6.54 Å². The van der Waals surface area contributed by atoms with Crippen LogP contribution in [0.3, 0.4) is 0 Å². The van der Waals surface area contributed by atoms with Gasteiger partial charge in [-0.05, 0) is 61.8 Å². The molecule has 0 aliphatic heterocycles. The van der Waals surface area contributed by atoms with Gasteiger partial charge in [-0.1, -0.05) is 31.0 Å². The van der Waals surface area contributed by atoms with E-state index in [1.54, 1.807) is 5.56 Å². The fourth-order valence-electron chi connectivity index (χ4n) is 3.07. The third-order valence-electron chi connectivity index (χ3n) is 4.26. The van der Waals surface area contributed by atoms with Crippen LogP contribution in [-0.2, 0) is 0 Å². The molecule has 2 atom stereocenters. The molecule has 1 fully saturated rings. The van der Waals surface area contributed by atoms with E-state index in [0.29, 0.717) is 11.8 Å². The van der Waals surface area contributed by atoms with Crippen molar-refractivity contribution in [3.63, 3.8) is 0 Å². The van der Waals surface area contributed by atoms with E-state index in [4.69, 9.17) is 5.73 Å². The van der Waals surface area contributed by atoms with Gasteiger partial charge in [0.2, 0.25) is 0 Å². The Balaban J connectivity index is 2.30. The Morgan fingerprint density at radius 1 is 1.19 bits per heavy atom. The smallest absolute Gasteiger partial charge is 0.00430 e. The first-order valence-electron chi connectivity index (χ1n) is 6.50. The molecule has 1 aromatic carbocycles. The summed E-state index contributed by atoms with van der Waals surface area (Å²) in [5.74, 6) is 1.41. The lowest BCUT2D eigenvalue weighted by Crippen LogP contribution is -2.25. The molecule has 1 saturated carbocycles. The standard InChI is InChI=1S/C15H23N/c1-11-6-5-9-14(12(11)2)15-8-4-3-7-13(15)10-16/h5-6,9,13,15H,3-4,7-8,10,16H2,1-2H3. The van der Waals surface area contributed by atoms with Crippen molar-refractivity contribution in [1.82, 2.24) is 0 Å². The van der Waals surface area contributed by atoms with Crippen molar-refractivity contribution in [3.8, 4) is 0 Å². The van der Waals surface area contributed by atoms with Crippen LogP contribution in [0, 0.1) is 19.8 Å². The van der Waals surface area contributed by atoms with Crippen LogP contribution >= 0.6 is 0 Å². The molecular weight excluding hydrogens is 194 g/mol. The zero-order valence-electron chi connectivity index (χ0n) is 10.5. The van der Waals surface area contributed by atoms with Crippen LogP contribution in [0.2, 0.25) is 0 Å². The maximum Gasteiger partial charge on any atom is -0.00430 e. The SMILES string of the molecule is Cc1cccc(C2CCCCC2CN)c1C. The molecule has 0 heterocycles. The lowest BCUT2D eigenvalue weighted by Gasteiger charge is -2.32. The molecule has 0 saturated heterocycles. The minimum Gasteiger partial charge on any atom is -0.330 e. The van der Waals surface area contributed by atoms with Crippen LogP contribution < -0.4 is 5.73 Å². The van der Waals surface area contributed by atoms with Gasteiger partial charge in [0.25, 0.3) is 0 Å². The Morgan fingerprint density at radius 3 is 2.69 bits per heavy atom. The van der Waals surface area contributed by atoms with E-state index < -0.39 is 0 Å². The van der Waals surface area contributed by atoms with Gasteiger partial charge >= 0.3 is 0 Å². The molecule has 0 bridgehead atoms.